The molecule has 24 heavy (non-hydrogen) atoms. The maximum atomic E-state index is 12.6. The van der Waals surface area contributed by atoms with Gasteiger partial charge in [-0.2, -0.15) is 4.98 Å². The Bertz CT molecular complexity index is 615. The molecule has 0 aliphatic carbocycles. The first kappa shape index (κ1) is 16.9. The number of hydrogen-bond acceptors (Lipinski definition) is 6. The number of nitrogens with zero attached hydrogens (tertiary/aromatic N) is 4. The van der Waals surface area contributed by atoms with Gasteiger partial charge >= 0.3 is 0 Å². The topological polar surface area (TPSA) is 80.8 Å². The van der Waals surface area contributed by atoms with E-state index in [4.69, 9.17) is 9.36 Å². The predicted octanol–water partition coefficient (Wildman–Crippen LogP) is 2.70. The molecule has 1 aromatic heterocycles. The Morgan fingerprint density at radius 1 is 1.17 bits per heavy atom. The maximum Gasteiger partial charge on any atom is 0.266 e. The van der Waals surface area contributed by atoms with E-state index in [-0.39, 0.29) is 17.7 Å². The number of oxime groups is 1. The first-order chi connectivity index (χ1) is 11.5. The molecular formula is C17H26N4O3. The van der Waals surface area contributed by atoms with Crippen LogP contribution >= 0.6 is 0 Å². The lowest BCUT2D eigenvalue weighted by Crippen LogP contribution is -2.43. The van der Waals surface area contributed by atoms with Crippen LogP contribution in [0.4, 0.5) is 0 Å². The van der Waals surface area contributed by atoms with Gasteiger partial charge in [0.25, 0.3) is 5.91 Å². The van der Waals surface area contributed by atoms with E-state index in [1.54, 1.807) is 0 Å². The van der Waals surface area contributed by atoms with Crippen LogP contribution in [-0.2, 0) is 9.63 Å². The lowest BCUT2D eigenvalue weighted by atomic mass is 9.95. The molecule has 0 aromatic carbocycles. The highest BCUT2D eigenvalue weighted by Gasteiger charge is 2.35. The summed E-state index contributed by atoms with van der Waals surface area (Å²) in [4.78, 5) is 24.3. The molecule has 0 spiro atoms. The standard InChI is InChI=1S/C17H26N4O3/c1-10(2)13-9-14(23-19-13)17(22)21-7-5-12(6-8-21)16-18-15(11(3)4)20-24-16/h10-12,14H,5-9H2,1-4H3. The van der Waals surface area contributed by atoms with Gasteiger partial charge in [0.2, 0.25) is 12.0 Å². The molecule has 3 rings (SSSR count). The highest BCUT2D eigenvalue weighted by Crippen LogP contribution is 2.29. The summed E-state index contributed by atoms with van der Waals surface area (Å²) in [5, 5.41) is 8.08. The summed E-state index contributed by atoms with van der Waals surface area (Å²) in [6.07, 6.45) is 1.85. The van der Waals surface area contributed by atoms with Gasteiger partial charge in [-0.05, 0) is 18.8 Å². The normalized spacial score (nSPS) is 22.2. The Hall–Kier alpha value is -1.92. The van der Waals surface area contributed by atoms with Crippen LogP contribution in [0.15, 0.2) is 9.68 Å². The van der Waals surface area contributed by atoms with Gasteiger partial charge in [-0.25, -0.2) is 0 Å². The van der Waals surface area contributed by atoms with Crippen molar-refractivity contribution in [2.45, 2.75) is 64.9 Å². The van der Waals surface area contributed by atoms with Gasteiger partial charge in [-0.1, -0.05) is 38.0 Å². The van der Waals surface area contributed by atoms with E-state index in [1.165, 1.54) is 0 Å². The van der Waals surface area contributed by atoms with Crippen LogP contribution in [0.3, 0.4) is 0 Å². The summed E-state index contributed by atoms with van der Waals surface area (Å²) >= 11 is 0. The maximum absolute atomic E-state index is 12.6. The summed E-state index contributed by atoms with van der Waals surface area (Å²) in [6.45, 7) is 9.61. The van der Waals surface area contributed by atoms with Crippen LogP contribution in [0, 0.1) is 5.92 Å². The van der Waals surface area contributed by atoms with Crippen molar-refractivity contribution in [3.63, 3.8) is 0 Å². The van der Waals surface area contributed by atoms with E-state index in [0.29, 0.717) is 31.3 Å². The average molecular weight is 334 g/mol. The lowest BCUT2D eigenvalue weighted by Gasteiger charge is -2.31. The first-order valence-corrected chi connectivity index (χ1v) is 8.80. The van der Waals surface area contributed by atoms with E-state index < -0.39 is 6.10 Å². The molecule has 0 radical (unpaired) electrons. The van der Waals surface area contributed by atoms with Crippen molar-refractivity contribution in [1.29, 1.82) is 0 Å². The lowest BCUT2D eigenvalue weighted by molar-refractivity contribution is -0.143. The summed E-state index contributed by atoms with van der Waals surface area (Å²) in [6, 6.07) is 0. The van der Waals surface area contributed by atoms with Gasteiger partial charge in [-0.15, -0.1) is 0 Å². The summed E-state index contributed by atoms with van der Waals surface area (Å²) < 4.78 is 5.39. The van der Waals surface area contributed by atoms with Crippen molar-refractivity contribution in [2.75, 3.05) is 13.1 Å². The minimum Gasteiger partial charge on any atom is -0.382 e. The quantitative estimate of drug-likeness (QED) is 0.845. The van der Waals surface area contributed by atoms with Crippen molar-refractivity contribution >= 4 is 11.6 Å². The van der Waals surface area contributed by atoms with Gasteiger partial charge in [0.05, 0.1) is 5.71 Å². The van der Waals surface area contributed by atoms with Crippen LogP contribution in [0.2, 0.25) is 0 Å². The molecule has 2 aliphatic rings. The second-order valence-corrected chi connectivity index (χ2v) is 7.28. The summed E-state index contributed by atoms with van der Waals surface area (Å²) in [7, 11) is 0. The Morgan fingerprint density at radius 2 is 1.88 bits per heavy atom. The van der Waals surface area contributed by atoms with E-state index >= 15 is 0 Å². The number of rotatable bonds is 4. The molecule has 0 bridgehead atoms. The fourth-order valence-corrected chi connectivity index (χ4v) is 3.07. The zero-order chi connectivity index (χ0) is 17.3. The van der Waals surface area contributed by atoms with Crippen LogP contribution in [0.5, 0.6) is 0 Å². The molecule has 1 unspecified atom stereocenters. The molecule has 7 nitrogen and oxygen atoms in total. The van der Waals surface area contributed by atoms with Gasteiger partial charge in [-0.3, -0.25) is 4.79 Å². The first-order valence-electron chi connectivity index (χ1n) is 8.80. The Labute approximate surface area is 142 Å². The molecule has 0 N–H and O–H groups in total. The van der Waals surface area contributed by atoms with Gasteiger partial charge in [0.1, 0.15) is 0 Å². The van der Waals surface area contributed by atoms with Crippen molar-refractivity contribution in [3.8, 4) is 0 Å². The van der Waals surface area contributed by atoms with Gasteiger partial charge < -0.3 is 14.3 Å². The Morgan fingerprint density at radius 3 is 2.42 bits per heavy atom. The van der Waals surface area contributed by atoms with Crippen molar-refractivity contribution in [2.24, 2.45) is 11.1 Å². The minimum atomic E-state index is -0.449. The number of amides is 1. The molecular weight excluding hydrogens is 308 g/mol. The molecule has 0 saturated carbocycles. The monoisotopic (exact) mass is 334 g/mol. The smallest absolute Gasteiger partial charge is 0.266 e. The van der Waals surface area contributed by atoms with Crippen LogP contribution in [0.1, 0.15) is 70.5 Å². The number of likely N-dealkylation sites (tertiary alicyclic amines) is 1. The van der Waals surface area contributed by atoms with Gasteiger partial charge in [0.15, 0.2) is 5.82 Å². The number of piperidine rings is 1. The molecule has 2 aliphatic heterocycles. The largest absolute Gasteiger partial charge is 0.382 e. The zero-order valence-corrected chi connectivity index (χ0v) is 14.9. The second kappa shape index (κ2) is 6.91. The molecule has 1 amide bonds. The third-order valence-electron chi connectivity index (χ3n) is 4.76. The van der Waals surface area contributed by atoms with E-state index in [9.17, 15) is 4.79 Å². The Kier molecular flexibility index (Phi) is 4.87. The summed E-state index contributed by atoms with van der Waals surface area (Å²) in [5.74, 6) is 2.32. The zero-order valence-electron chi connectivity index (χ0n) is 14.9. The van der Waals surface area contributed by atoms with E-state index in [2.05, 4.69) is 29.1 Å². The molecule has 1 aromatic rings. The molecule has 1 saturated heterocycles. The third kappa shape index (κ3) is 3.44. The van der Waals surface area contributed by atoms with Crippen LogP contribution in [0.25, 0.3) is 0 Å². The van der Waals surface area contributed by atoms with Crippen molar-refractivity contribution in [3.05, 3.63) is 11.7 Å². The molecule has 7 heteroatoms. The molecule has 3 heterocycles. The highest BCUT2D eigenvalue weighted by atomic mass is 16.6. The van der Waals surface area contributed by atoms with E-state index in [0.717, 1.165) is 24.4 Å². The highest BCUT2D eigenvalue weighted by molar-refractivity contribution is 5.93. The van der Waals surface area contributed by atoms with Gasteiger partial charge in [0, 0.05) is 31.3 Å². The number of carbonyl (C=O) groups excluding carboxylic acids is 1. The fourth-order valence-electron chi connectivity index (χ4n) is 3.07. The molecule has 1 fully saturated rings. The van der Waals surface area contributed by atoms with Crippen LogP contribution < -0.4 is 0 Å². The molecule has 1 atom stereocenters. The van der Waals surface area contributed by atoms with Crippen LogP contribution in [-0.4, -0.2) is 45.9 Å². The molecule has 132 valence electrons. The third-order valence-corrected chi connectivity index (χ3v) is 4.76. The predicted molar refractivity (Wildman–Crippen MR) is 88.7 cm³/mol. The van der Waals surface area contributed by atoms with Crippen molar-refractivity contribution < 1.29 is 14.2 Å². The van der Waals surface area contributed by atoms with Crippen molar-refractivity contribution in [1.82, 2.24) is 15.0 Å². The SMILES string of the molecule is CC(C)C1=NOC(C(=O)N2CCC(c3nc(C(C)C)no3)CC2)C1. The minimum absolute atomic E-state index is 0.0428. The van der Waals surface area contributed by atoms with E-state index in [1.807, 2.05) is 18.7 Å². The average Bonchev–Trinajstić information content (AvgIpc) is 3.24. The Balaban J connectivity index is 1.52. The summed E-state index contributed by atoms with van der Waals surface area (Å²) in [5.41, 5.74) is 0.968. The fraction of sp³-hybridized carbons (Fsp3) is 0.765. The number of carbonyl (C=O) groups is 1. The second-order valence-electron chi connectivity index (χ2n) is 7.28. The number of aromatic nitrogens is 2. The number of hydrogen-bond donors (Lipinski definition) is 0.